The van der Waals surface area contributed by atoms with E-state index >= 15 is 0 Å². The molecule has 4 rings (SSSR count). The second kappa shape index (κ2) is 4.50. The quantitative estimate of drug-likeness (QED) is 0.418. The third-order valence-corrected chi connectivity index (χ3v) is 4.03. The first-order valence-electron chi connectivity index (χ1n) is 6.48. The molecule has 0 spiro atoms. The maximum atomic E-state index is 5.99. The molecule has 96 valence electrons. The predicted molar refractivity (Wildman–Crippen MR) is 86.9 cm³/mol. The Morgan fingerprint density at radius 3 is 2.40 bits per heavy atom. The van der Waals surface area contributed by atoms with E-state index in [4.69, 9.17) is 4.42 Å². The highest BCUT2D eigenvalue weighted by molar-refractivity contribution is 9.10. The molecule has 3 aromatic carbocycles. The highest BCUT2D eigenvalue weighted by Gasteiger charge is 2.09. The molecule has 0 saturated carbocycles. The van der Waals surface area contributed by atoms with E-state index in [1.165, 1.54) is 10.8 Å². The molecule has 0 radical (unpaired) electrons. The summed E-state index contributed by atoms with van der Waals surface area (Å²) in [5.74, 6) is 0.910. The molecule has 0 aliphatic carbocycles. The first-order chi connectivity index (χ1) is 9.81. The van der Waals surface area contributed by atoms with Crippen LogP contribution in [0.4, 0.5) is 0 Å². The molecule has 20 heavy (non-hydrogen) atoms. The fourth-order valence-corrected chi connectivity index (χ4v) is 2.92. The number of rotatable bonds is 1. The molecule has 0 bridgehead atoms. The van der Waals surface area contributed by atoms with Crippen molar-refractivity contribution < 1.29 is 4.42 Å². The van der Waals surface area contributed by atoms with Crippen molar-refractivity contribution in [3.63, 3.8) is 0 Å². The van der Waals surface area contributed by atoms with Crippen LogP contribution in [0.1, 0.15) is 0 Å². The highest BCUT2D eigenvalue weighted by Crippen LogP contribution is 2.33. The van der Waals surface area contributed by atoms with Crippen LogP contribution in [-0.2, 0) is 0 Å². The highest BCUT2D eigenvalue weighted by atomic mass is 79.9. The van der Waals surface area contributed by atoms with Gasteiger partial charge in [-0.1, -0.05) is 58.4 Å². The lowest BCUT2D eigenvalue weighted by Crippen LogP contribution is -1.73. The van der Waals surface area contributed by atoms with Gasteiger partial charge in [0.1, 0.15) is 11.3 Å². The largest absolute Gasteiger partial charge is 0.456 e. The molecule has 2 heteroatoms. The van der Waals surface area contributed by atoms with E-state index in [-0.39, 0.29) is 0 Å². The van der Waals surface area contributed by atoms with Crippen LogP contribution in [0, 0.1) is 0 Å². The SMILES string of the molecule is Brc1ccc2ccc3oc(-c4ccccc4)cc3c2c1. The zero-order valence-electron chi connectivity index (χ0n) is 10.6. The lowest BCUT2D eigenvalue weighted by atomic mass is 10.1. The molecule has 1 nitrogen and oxygen atoms in total. The molecular formula is C18H11BrO. The van der Waals surface area contributed by atoms with E-state index in [2.05, 4.69) is 58.4 Å². The molecule has 0 aliphatic heterocycles. The van der Waals surface area contributed by atoms with Crippen molar-refractivity contribution in [3.05, 3.63) is 71.2 Å². The van der Waals surface area contributed by atoms with Gasteiger partial charge in [0.2, 0.25) is 0 Å². The summed E-state index contributed by atoms with van der Waals surface area (Å²) < 4.78 is 7.07. The minimum absolute atomic E-state index is 0.910. The zero-order chi connectivity index (χ0) is 13.5. The summed E-state index contributed by atoms with van der Waals surface area (Å²) in [6, 6.07) is 22.8. The van der Waals surface area contributed by atoms with E-state index in [1.807, 2.05) is 24.3 Å². The summed E-state index contributed by atoms with van der Waals surface area (Å²) in [6.07, 6.45) is 0. The number of halogens is 1. The molecule has 1 heterocycles. The van der Waals surface area contributed by atoms with Crippen LogP contribution in [0.15, 0.2) is 75.6 Å². The van der Waals surface area contributed by atoms with E-state index in [1.54, 1.807) is 0 Å². The molecule has 0 atom stereocenters. The first-order valence-corrected chi connectivity index (χ1v) is 7.28. The Morgan fingerprint density at radius 1 is 0.750 bits per heavy atom. The van der Waals surface area contributed by atoms with Crippen molar-refractivity contribution in [1.82, 2.24) is 0 Å². The lowest BCUT2D eigenvalue weighted by molar-refractivity contribution is 0.632. The second-order valence-electron chi connectivity index (χ2n) is 4.82. The molecule has 0 unspecified atom stereocenters. The fraction of sp³-hybridized carbons (Fsp3) is 0. The maximum Gasteiger partial charge on any atom is 0.135 e. The van der Waals surface area contributed by atoms with Crippen LogP contribution in [0.5, 0.6) is 0 Å². The average molecular weight is 323 g/mol. The van der Waals surface area contributed by atoms with Crippen molar-refractivity contribution in [2.75, 3.05) is 0 Å². The molecule has 1 aromatic heterocycles. The Hall–Kier alpha value is -2.06. The summed E-state index contributed by atoms with van der Waals surface area (Å²) in [7, 11) is 0. The number of hydrogen-bond acceptors (Lipinski definition) is 1. The summed E-state index contributed by atoms with van der Waals surface area (Å²) in [6.45, 7) is 0. The van der Waals surface area contributed by atoms with Crippen molar-refractivity contribution in [3.8, 4) is 11.3 Å². The number of furan rings is 1. The molecular weight excluding hydrogens is 312 g/mol. The van der Waals surface area contributed by atoms with Crippen molar-refractivity contribution in [2.45, 2.75) is 0 Å². The number of benzene rings is 3. The van der Waals surface area contributed by atoms with Crippen molar-refractivity contribution in [2.24, 2.45) is 0 Å². The molecule has 4 aromatic rings. The number of fused-ring (bicyclic) bond motifs is 3. The Bertz CT molecular complexity index is 907. The topological polar surface area (TPSA) is 13.1 Å². The van der Waals surface area contributed by atoms with Gasteiger partial charge in [0, 0.05) is 15.4 Å². The van der Waals surface area contributed by atoms with Crippen LogP contribution in [0.2, 0.25) is 0 Å². The van der Waals surface area contributed by atoms with E-state index in [9.17, 15) is 0 Å². The predicted octanol–water partition coefficient (Wildman–Crippen LogP) is 6.02. The molecule has 0 saturated heterocycles. The van der Waals surface area contributed by atoms with Gasteiger partial charge in [-0.15, -0.1) is 0 Å². The van der Waals surface area contributed by atoms with E-state index in [0.29, 0.717) is 0 Å². The monoisotopic (exact) mass is 322 g/mol. The Labute approximate surface area is 125 Å². The zero-order valence-corrected chi connectivity index (χ0v) is 12.2. The Morgan fingerprint density at radius 2 is 1.55 bits per heavy atom. The van der Waals surface area contributed by atoms with Gasteiger partial charge >= 0.3 is 0 Å². The summed E-state index contributed by atoms with van der Waals surface area (Å²) >= 11 is 3.54. The fourth-order valence-electron chi connectivity index (χ4n) is 2.56. The van der Waals surface area contributed by atoms with Gasteiger partial charge in [0.05, 0.1) is 0 Å². The Kier molecular flexibility index (Phi) is 2.64. The van der Waals surface area contributed by atoms with Gasteiger partial charge in [0.25, 0.3) is 0 Å². The number of hydrogen-bond donors (Lipinski definition) is 0. The first kappa shape index (κ1) is 11.7. The average Bonchev–Trinajstić information content (AvgIpc) is 2.93. The third-order valence-electron chi connectivity index (χ3n) is 3.54. The summed E-state index contributed by atoms with van der Waals surface area (Å²) in [5, 5.41) is 3.59. The van der Waals surface area contributed by atoms with Gasteiger partial charge in [-0.25, -0.2) is 0 Å². The van der Waals surface area contributed by atoms with Gasteiger partial charge < -0.3 is 4.42 Å². The lowest BCUT2D eigenvalue weighted by Gasteiger charge is -1.99. The van der Waals surface area contributed by atoms with Gasteiger partial charge in [0.15, 0.2) is 0 Å². The maximum absolute atomic E-state index is 5.99. The van der Waals surface area contributed by atoms with Crippen molar-refractivity contribution in [1.29, 1.82) is 0 Å². The van der Waals surface area contributed by atoms with Crippen LogP contribution in [0.3, 0.4) is 0 Å². The standard InChI is InChI=1S/C18H11BrO/c19-14-8-6-12-7-9-17-16(15(12)10-14)11-18(20-17)13-4-2-1-3-5-13/h1-11H. The van der Waals surface area contributed by atoms with E-state index in [0.717, 1.165) is 26.8 Å². The molecule has 0 N–H and O–H groups in total. The smallest absolute Gasteiger partial charge is 0.135 e. The second-order valence-corrected chi connectivity index (χ2v) is 5.74. The van der Waals surface area contributed by atoms with Gasteiger partial charge in [-0.3, -0.25) is 0 Å². The molecule has 0 fully saturated rings. The summed E-state index contributed by atoms with van der Waals surface area (Å²) in [5.41, 5.74) is 2.03. The van der Waals surface area contributed by atoms with Crippen LogP contribution in [0.25, 0.3) is 33.1 Å². The third kappa shape index (κ3) is 1.84. The molecule has 0 amide bonds. The Balaban J connectivity index is 2.04. The molecule has 0 aliphatic rings. The van der Waals surface area contributed by atoms with Crippen molar-refractivity contribution >= 4 is 37.7 Å². The van der Waals surface area contributed by atoms with Crippen LogP contribution >= 0.6 is 15.9 Å². The van der Waals surface area contributed by atoms with E-state index < -0.39 is 0 Å². The van der Waals surface area contributed by atoms with Gasteiger partial charge in [-0.2, -0.15) is 0 Å². The summed E-state index contributed by atoms with van der Waals surface area (Å²) in [4.78, 5) is 0. The van der Waals surface area contributed by atoms with Crippen LogP contribution in [-0.4, -0.2) is 0 Å². The van der Waals surface area contributed by atoms with Crippen LogP contribution < -0.4 is 0 Å². The minimum Gasteiger partial charge on any atom is -0.456 e. The normalized spacial score (nSPS) is 11.2. The van der Waals surface area contributed by atoms with Gasteiger partial charge in [-0.05, 0) is 35.0 Å². The minimum atomic E-state index is 0.910.